The Balaban J connectivity index is 2.19. The van der Waals surface area contributed by atoms with Gasteiger partial charge in [0.1, 0.15) is 0 Å². The fourth-order valence-electron chi connectivity index (χ4n) is 1.51. The Hall–Kier alpha value is 0.570. The number of hydrogen-bond acceptors (Lipinski definition) is 4. The van der Waals surface area contributed by atoms with Crippen molar-refractivity contribution < 1.29 is 0 Å². The topological polar surface area (TPSA) is 38.0 Å². The molecule has 0 radical (unpaired) electrons. The number of nitrogens with one attached hydrogen (secondary N) is 1. The van der Waals surface area contributed by atoms with Gasteiger partial charge in [0.25, 0.3) is 0 Å². The third kappa shape index (κ3) is 3.53. The smallest absolute Gasteiger partial charge is 0.0931 e. The number of rotatable bonds is 4. The summed E-state index contributed by atoms with van der Waals surface area (Å²) in [5.41, 5.74) is 4.01. The first-order valence-electron chi connectivity index (χ1n) is 4.75. The molecule has 0 aliphatic rings. The van der Waals surface area contributed by atoms with E-state index < -0.39 is 0 Å². The van der Waals surface area contributed by atoms with Crippen LogP contribution in [0.2, 0.25) is 4.34 Å². The summed E-state index contributed by atoms with van der Waals surface area (Å²) in [7, 11) is 0. The maximum atomic E-state index is 5.92. The van der Waals surface area contributed by atoms with Gasteiger partial charge in [-0.2, -0.15) is 0 Å². The van der Waals surface area contributed by atoms with Gasteiger partial charge in [0.2, 0.25) is 0 Å². The van der Waals surface area contributed by atoms with Crippen LogP contribution in [0.25, 0.3) is 0 Å². The Morgan fingerprint density at radius 3 is 2.59 bits per heavy atom. The average Bonchev–Trinajstić information content (AvgIpc) is 2.82. The number of nitrogens with two attached hydrogens (primary N) is 1. The van der Waals surface area contributed by atoms with E-state index in [0.29, 0.717) is 0 Å². The van der Waals surface area contributed by atoms with E-state index in [2.05, 4.69) is 43.4 Å². The van der Waals surface area contributed by atoms with E-state index in [1.54, 1.807) is 22.7 Å². The highest BCUT2D eigenvalue weighted by Gasteiger charge is 2.17. The molecule has 2 rings (SSSR count). The molecule has 92 valence electrons. The van der Waals surface area contributed by atoms with Gasteiger partial charge in [-0.1, -0.05) is 11.6 Å². The monoisotopic (exact) mass is 414 g/mol. The summed E-state index contributed by atoms with van der Waals surface area (Å²) >= 11 is 16.2. The minimum absolute atomic E-state index is 0.0849. The van der Waals surface area contributed by atoms with Crippen LogP contribution in [0.4, 0.5) is 0 Å². The lowest BCUT2D eigenvalue weighted by atomic mass is 10.1. The first kappa shape index (κ1) is 14.0. The molecule has 2 heterocycles. The first-order chi connectivity index (χ1) is 8.10. The van der Waals surface area contributed by atoms with Gasteiger partial charge in [-0.25, -0.2) is 0 Å². The third-order valence-electron chi connectivity index (χ3n) is 2.29. The van der Waals surface area contributed by atoms with E-state index in [1.165, 1.54) is 4.88 Å². The van der Waals surface area contributed by atoms with Crippen LogP contribution in [0.15, 0.2) is 25.8 Å². The Labute approximate surface area is 129 Å². The molecule has 0 fully saturated rings. The minimum atomic E-state index is 0.0849. The van der Waals surface area contributed by atoms with Gasteiger partial charge in [-0.3, -0.25) is 11.3 Å². The molecule has 2 aromatic heterocycles. The maximum absolute atomic E-state index is 5.92. The standard InChI is InChI=1S/C10H9Br2ClN2S2/c11-8-4-6(10(12)17-8)7(15-14)3-5-1-2-9(13)16-5/h1-2,4,7,15H,3,14H2. The fourth-order valence-corrected chi connectivity index (χ4v) is 5.62. The SMILES string of the molecule is NNC(Cc1ccc(Cl)s1)c1cc(Br)sc1Br. The van der Waals surface area contributed by atoms with Crippen molar-refractivity contribution >= 4 is 66.1 Å². The highest BCUT2D eigenvalue weighted by Crippen LogP contribution is 2.37. The Morgan fingerprint density at radius 2 is 2.12 bits per heavy atom. The van der Waals surface area contributed by atoms with Gasteiger partial charge in [0.05, 0.1) is 18.0 Å². The van der Waals surface area contributed by atoms with Crippen LogP contribution in [0.1, 0.15) is 16.5 Å². The summed E-state index contributed by atoms with van der Waals surface area (Å²) in [6.07, 6.45) is 0.829. The van der Waals surface area contributed by atoms with Crippen LogP contribution >= 0.6 is 66.1 Å². The highest BCUT2D eigenvalue weighted by molar-refractivity contribution is 9.12. The second kappa shape index (κ2) is 6.14. The highest BCUT2D eigenvalue weighted by atomic mass is 79.9. The first-order valence-corrected chi connectivity index (χ1v) is 8.35. The van der Waals surface area contributed by atoms with Crippen molar-refractivity contribution in [1.82, 2.24) is 5.43 Å². The molecule has 17 heavy (non-hydrogen) atoms. The van der Waals surface area contributed by atoms with Crippen LogP contribution in [-0.2, 0) is 6.42 Å². The molecule has 7 heteroatoms. The average molecular weight is 417 g/mol. The summed E-state index contributed by atoms with van der Waals surface area (Å²) in [6.45, 7) is 0. The molecule has 0 saturated carbocycles. The number of hydrogen-bond donors (Lipinski definition) is 2. The number of thiophene rings is 2. The van der Waals surface area contributed by atoms with Crippen molar-refractivity contribution in [2.45, 2.75) is 12.5 Å². The molecule has 3 N–H and O–H groups in total. The van der Waals surface area contributed by atoms with E-state index in [9.17, 15) is 0 Å². The third-order valence-corrected chi connectivity index (χ3v) is 5.93. The van der Waals surface area contributed by atoms with Crippen molar-refractivity contribution in [2.24, 2.45) is 5.84 Å². The lowest BCUT2D eigenvalue weighted by Gasteiger charge is -2.14. The van der Waals surface area contributed by atoms with E-state index in [-0.39, 0.29) is 6.04 Å². The molecule has 2 aromatic rings. The molecule has 1 atom stereocenters. The summed E-state index contributed by atoms with van der Waals surface area (Å²) in [4.78, 5) is 1.21. The molecular weight excluding hydrogens is 408 g/mol. The molecular formula is C10H9Br2ClN2S2. The minimum Gasteiger partial charge on any atom is -0.271 e. The molecule has 2 nitrogen and oxygen atoms in total. The Kier molecular flexibility index (Phi) is 5.06. The number of hydrazine groups is 1. The van der Waals surface area contributed by atoms with Gasteiger partial charge in [-0.05, 0) is 55.6 Å². The van der Waals surface area contributed by atoms with Gasteiger partial charge in [0.15, 0.2) is 0 Å². The quantitative estimate of drug-likeness (QED) is 0.558. The zero-order valence-electron chi connectivity index (χ0n) is 8.54. The zero-order valence-corrected chi connectivity index (χ0v) is 14.1. The molecule has 1 unspecified atom stereocenters. The summed E-state index contributed by atoms with van der Waals surface area (Å²) in [6, 6.07) is 6.11. The molecule has 0 aliphatic heterocycles. The van der Waals surface area contributed by atoms with Crippen LogP contribution in [0.3, 0.4) is 0 Å². The predicted molar refractivity (Wildman–Crippen MR) is 82.8 cm³/mol. The van der Waals surface area contributed by atoms with Crippen LogP contribution in [-0.4, -0.2) is 0 Å². The lowest BCUT2D eigenvalue weighted by Crippen LogP contribution is -2.29. The van der Waals surface area contributed by atoms with Crippen molar-refractivity contribution in [2.75, 3.05) is 0 Å². The van der Waals surface area contributed by atoms with Gasteiger partial charge in [0, 0.05) is 11.3 Å². The van der Waals surface area contributed by atoms with Crippen LogP contribution in [0, 0.1) is 0 Å². The molecule has 0 spiro atoms. The van der Waals surface area contributed by atoms with Crippen LogP contribution < -0.4 is 11.3 Å². The summed E-state index contributed by atoms with van der Waals surface area (Å²) in [5, 5.41) is 0. The largest absolute Gasteiger partial charge is 0.271 e. The summed E-state index contributed by atoms with van der Waals surface area (Å²) < 4.78 is 2.99. The summed E-state index contributed by atoms with van der Waals surface area (Å²) in [5.74, 6) is 5.63. The molecule has 0 aliphatic carbocycles. The van der Waals surface area contributed by atoms with Crippen molar-refractivity contribution in [3.05, 3.63) is 40.5 Å². The Bertz CT molecular complexity index is 512. The second-order valence-electron chi connectivity index (χ2n) is 3.41. The molecule has 0 saturated heterocycles. The van der Waals surface area contributed by atoms with E-state index in [1.807, 2.05) is 12.1 Å². The predicted octanol–water partition coefficient (Wildman–Crippen LogP) is 4.74. The lowest BCUT2D eigenvalue weighted by molar-refractivity contribution is 0.555. The fraction of sp³-hybridized carbons (Fsp3) is 0.200. The van der Waals surface area contributed by atoms with Crippen molar-refractivity contribution in [3.8, 4) is 0 Å². The molecule has 0 bridgehead atoms. The van der Waals surface area contributed by atoms with Gasteiger partial charge in [-0.15, -0.1) is 22.7 Å². The van der Waals surface area contributed by atoms with E-state index in [0.717, 1.165) is 23.9 Å². The maximum Gasteiger partial charge on any atom is 0.0931 e. The molecule has 0 aromatic carbocycles. The zero-order chi connectivity index (χ0) is 12.4. The van der Waals surface area contributed by atoms with Crippen LogP contribution in [0.5, 0.6) is 0 Å². The van der Waals surface area contributed by atoms with Crippen molar-refractivity contribution in [3.63, 3.8) is 0 Å². The molecule has 0 amide bonds. The Morgan fingerprint density at radius 1 is 1.35 bits per heavy atom. The van der Waals surface area contributed by atoms with Gasteiger partial charge < -0.3 is 0 Å². The number of halogens is 3. The normalized spacial score (nSPS) is 12.9. The van der Waals surface area contributed by atoms with Crippen molar-refractivity contribution in [1.29, 1.82) is 0 Å². The van der Waals surface area contributed by atoms with E-state index in [4.69, 9.17) is 17.4 Å². The second-order valence-corrected chi connectivity index (χ2v) is 8.96. The van der Waals surface area contributed by atoms with E-state index >= 15 is 0 Å². The van der Waals surface area contributed by atoms with Gasteiger partial charge >= 0.3 is 0 Å².